The minimum absolute atomic E-state index is 0.0452. The number of ketones is 1. The third-order valence-electron chi connectivity index (χ3n) is 5.95. The van der Waals surface area contributed by atoms with E-state index in [2.05, 4.69) is 6.58 Å². The Labute approximate surface area is 174 Å². The number of ether oxygens (including phenoxy) is 2. The van der Waals surface area contributed by atoms with E-state index in [1.165, 1.54) is 7.11 Å². The number of allylic oxidation sites excluding steroid dienone is 1. The van der Waals surface area contributed by atoms with Crippen LogP contribution in [0.5, 0.6) is 0 Å². The van der Waals surface area contributed by atoms with Crippen molar-refractivity contribution in [2.24, 2.45) is 11.1 Å². The Kier molecular flexibility index (Phi) is 4.38. The minimum atomic E-state index is -1.74. The molecule has 0 bridgehead atoms. The van der Waals surface area contributed by atoms with Gasteiger partial charge in [0, 0.05) is 30.6 Å². The number of hydrogen-bond donors (Lipinski definition) is 1. The number of esters is 2. The lowest BCUT2D eigenvalue weighted by Crippen LogP contribution is -2.51. The first-order valence-corrected chi connectivity index (χ1v) is 9.74. The summed E-state index contributed by atoms with van der Waals surface area (Å²) in [6, 6.07) is 7.09. The summed E-state index contributed by atoms with van der Waals surface area (Å²) in [5.74, 6) is -1.36. The van der Waals surface area contributed by atoms with E-state index in [9.17, 15) is 14.4 Å². The Morgan fingerprint density at radius 2 is 2.00 bits per heavy atom. The van der Waals surface area contributed by atoms with E-state index in [1.807, 2.05) is 13.8 Å². The Morgan fingerprint density at radius 1 is 1.30 bits per heavy atom. The predicted molar refractivity (Wildman–Crippen MR) is 110 cm³/mol. The molecular weight excluding hydrogens is 384 g/mol. The molecule has 1 aliphatic carbocycles. The van der Waals surface area contributed by atoms with Gasteiger partial charge in [-0.3, -0.25) is 4.79 Å². The molecule has 0 saturated carbocycles. The quantitative estimate of drug-likeness (QED) is 0.606. The van der Waals surface area contributed by atoms with Crippen LogP contribution >= 0.6 is 0 Å². The van der Waals surface area contributed by atoms with Gasteiger partial charge >= 0.3 is 11.9 Å². The molecule has 0 unspecified atom stereocenters. The first kappa shape index (κ1) is 19.9. The van der Waals surface area contributed by atoms with Crippen molar-refractivity contribution < 1.29 is 23.9 Å². The van der Waals surface area contributed by atoms with Gasteiger partial charge in [0.1, 0.15) is 17.2 Å². The molecule has 0 amide bonds. The number of hydrogen-bond acceptors (Lipinski definition) is 7. The van der Waals surface area contributed by atoms with E-state index >= 15 is 0 Å². The van der Waals surface area contributed by atoms with Crippen molar-refractivity contribution in [1.29, 1.82) is 0 Å². The van der Waals surface area contributed by atoms with Crippen LogP contribution in [0.15, 0.2) is 59.6 Å². The summed E-state index contributed by atoms with van der Waals surface area (Å²) in [4.78, 5) is 41.6. The number of carbonyl (C=O) groups is 3. The van der Waals surface area contributed by atoms with Gasteiger partial charge in [-0.05, 0) is 11.5 Å². The van der Waals surface area contributed by atoms with Crippen LogP contribution in [-0.2, 0) is 29.3 Å². The smallest absolute Gasteiger partial charge is 0.339 e. The predicted octanol–water partition coefficient (Wildman–Crippen LogP) is 2.47. The Balaban J connectivity index is 2.12. The van der Waals surface area contributed by atoms with Crippen molar-refractivity contribution in [2.75, 3.05) is 18.6 Å². The van der Waals surface area contributed by atoms with E-state index in [0.29, 0.717) is 30.0 Å². The number of rotatable bonds is 3. The molecule has 156 valence electrons. The molecule has 30 heavy (non-hydrogen) atoms. The summed E-state index contributed by atoms with van der Waals surface area (Å²) in [5, 5.41) is 0. The van der Waals surface area contributed by atoms with E-state index in [0.717, 1.165) is 0 Å². The number of nitrogens with zero attached hydrogens (tertiary/aromatic N) is 1. The summed E-state index contributed by atoms with van der Waals surface area (Å²) in [6.45, 7) is 7.95. The monoisotopic (exact) mass is 408 g/mol. The Morgan fingerprint density at radius 3 is 2.67 bits per heavy atom. The van der Waals surface area contributed by atoms with Crippen LogP contribution in [0.4, 0.5) is 5.69 Å². The largest absolute Gasteiger partial charge is 0.466 e. The molecule has 2 N–H and O–H groups in total. The van der Waals surface area contributed by atoms with Crippen molar-refractivity contribution >= 4 is 23.4 Å². The lowest BCUT2D eigenvalue weighted by molar-refractivity contribution is -0.145. The number of Topliss-reactive ketones (excluding diaryl/α,β-unsaturated/α-hetero) is 1. The lowest BCUT2D eigenvalue weighted by Gasteiger charge is -2.42. The van der Waals surface area contributed by atoms with Crippen LogP contribution in [0, 0.1) is 5.41 Å². The Hall–Kier alpha value is -3.35. The molecule has 0 radical (unpaired) electrons. The number of para-hydroxylation sites is 1. The highest BCUT2D eigenvalue weighted by Gasteiger charge is 2.64. The zero-order valence-corrected chi connectivity index (χ0v) is 17.3. The number of nitrogens with two attached hydrogens (primary N) is 1. The van der Waals surface area contributed by atoms with Crippen LogP contribution < -0.4 is 10.6 Å². The number of carbonyl (C=O) groups excluding carboxylic acids is 3. The molecule has 4 rings (SSSR count). The molecule has 3 aliphatic rings. The number of anilines is 1. The highest BCUT2D eigenvalue weighted by molar-refractivity contribution is 6.18. The second kappa shape index (κ2) is 6.58. The van der Waals surface area contributed by atoms with Gasteiger partial charge in [0.25, 0.3) is 0 Å². The van der Waals surface area contributed by atoms with Crippen molar-refractivity contribution in [1.82, 2.24) is 0 Å². The van der Waals surface area contributed by atoms with Gasteiger partial charge in [0.05, 0.1) is 12.7 Å². The van der Waals surface area contributed by atoms with Crippen LogP contribution in [-0.4, -0.2) is 31.4 Å². The van der Waals surface area contributed by atoms with Gasteiger partial charge < -0.3 is 20.1 Å². The molecule has 1 aromatic rings. The standard InChI is InChI=1S/C23H24N2O5/c1-5-10-25-14-9-7-6-8-13(14)23(18(19(25)24)20(27)29-4)17-15(26)11-22(2,3)12-16(17)30-21(23)28/h5-9H,1,10-12,24H2,2-4H3/t23-/m0/s1. The maximum atomic E-state index is 13.5. The molecule has 1 aromatic carbocycles. The van der Waals surface area contributed by atoms with E-state index < -0.39 is 17.4 Å². The number of benzene rings is 1. The highest BCUT2D eigenvalue weighted by Crippen LogP contribution is 2.57. The molecule has 1 spiro atoms. The zero-order valence-electron chi connectivity index (χ0n) is 17.3. The average molecular weight is 408 g/mol. The van der Waals surface area contributed by atoms with Crippen molar-refractivity contribution in [3.63, 3.8) is 0 Å². The summed E-state index contributed by atoms with van der Waals surface area (Å²) in [7, 11) is 1.22. The van der Waals surface area contributed by atoms with Gasteiger partial charge in [-0.1, -0.05) is 38.1 Å². The maximum absolute atomic E-state index is 13.5. The van der Waals surface area contributed by atoms with Crippen molar-refractivity contribution in [2.45, 2.75) is 32.1 Å². The van der Waals surface area contributed by atoms with E-state index in [1.54, 1.807) is 35.2 Å². The molecule has 0 fully saturated rings. The fourth-order valence-electron chi connectivity index (χ4n) is 4.83. The summed E-state index contributed by atoms with van der Waals surface area (Å²) in [5.41, 5.74) is 5.55. The van der Waals surface area contributed by atoms with Gasteiger partial charge in [0.2, 0.25) is 0 Å². The van der Waals surface area contributed by atoms with Gasteiger partial charge in [0.15, 0.2) is 11.2 Å². The van der Waals surface area contributed by atoms with Crippen molar-refractivity contribution in [3.05, 3.63) is 65.2 Å². The third kappa shape index (κ3) is 2.47. The van der Waals surface area contributed by atoms with E-state index in [-0.39, 0.29) is 34.6 Å². The second-order valence-electron chi connectivity index (χ2n) is 8.55. The third-order valence-corrected chi connectivity index (χ3v) is 5.95. The van der Waals surface area contributed by atoms with E-state index in [4.69, 9.17) is 15.2 Å². The number of fused-ring (bicyclic) bond motifs is 3. The Bertz CT molecular complexity index is 1070. The molecule has 7 heteroatoms. The lowest BCUT2D eigenvalue weighted by atomic mass is 9.62. The highest BCUT2D eigenvalue weighted by atomic mass is 16.5. The molecule has 2 heterocycles. The molecule has 2 aliphatic heterocycles. The first-order chi connectivity index (χ1) is 14.2. The zero-order chi connectivity index (χ0) is 21.8. The molecule has 7 nitrogen and oxygen atoms in total. The van der Waals surface area contributed by atoms with Crippen LogP contribution in [0.3, 0.4) is 0 Å². The first-order valence-electron chi connectivity index (χ1n) is 9.74. The normalized spacial score (nSPS) is 24.6. The minimum Gasteiger partial charge on any atom is -0.466 e. The van der Waals surface area contributed by atoms with Gasteiger partial charge in [-0.2, -0.15) is 0 Å². The molecule has 1 atom stereocenters. The SMILES string of the molecule is C=CCN1C(N)=C(C(=O)OC)[C@]2(C(=O)OC3=C2C(=O)CC(C)(C)C3)c2ccccc21. The van der Waals surface area contributed by atoms with Gasteiger partial charge in [-0.25, -0.2) is 9.59 Å². The van der Waals surface area contributed by atoms with Crippen molar-refractivity contribution in [3.8, 4) is 0 Å². The summed E-state index contributed by atoms with van der Waals surface area (Å²) < 4.78 is 10.7. The maximum Gasteiger partial charge on any atom is 0.339 e. The summed E-state index contributed by atoms with van der Waals surface area (Å²) >= 11 is 0. The van der Waals surface area contributed by atoms with Crippen LogP contribution in [0.25, 0.3) is 0 Å². The fourth-order valence-corrected chi connectivity index (χ4v) is 4.83. The summed E-state index contributed by atoms with van der Waals surface area (Å²) in [6.07, 6.45) is 2.29. The van der Waals surface area contributed by atoms with Crippen LogP contribution in [0.2, 0.25) is 0 Å². The van der Waals surface area contributed by atoms with Crippen LogP contribution in [0.1, 0.15) is 32.3 Å². The number of methoxy groups -OCH3 is 1. The topological polar surface area (TPSA) is 98.9 Å². The molecule has 0 aromatic heterocycles. The van der Waals surface area contributed by atoms with Gasteiger partial charge in [-0.15, -0.1) is 6.58 Å². The molecular formula is C23H24N2O5. The fraction of sp³-hybridized carbons (Fsp3) is 0.348. The second-order valence-corrected chi connectivity index (χ2v) is 8.55. The average Bonchev–Trinajstić information content (AvgIpc) is 2.96. The molecule has 0 saturated heterocycles.